The minimum atomic E-state index is -1.67. The van der Waals surface area contributed by atoms with Crippen molar-refractivity contribution in [3.63, 3.8) is 0 Å². The van der Waals surface area contributed by atoms with Crippen molar-refractivity contribution in [2.75, 3.05) is 6.61 Å². The number of ether oxygens (including phenoxy) is 4. The average molecular weight is 598 g/mol. The Morgan fingerprint density at radius 2 is 1.68 bits per heavy atom. The van der Waals surface area contributed by atoms with Crippen molar-refractivity contribution < 1.29 is 46.8 Å². The first kappa shape index (κ1) is 32.1. The molecule has 4 unspecified atom stereocenters. The fourth-order valence-corrected chi connectivity index (χ4v) is 5.09. The van der Waals surface area contributed by atoms with Crippen LogP contribution in [-0.4, -0.2) is 71.7 Å². The van der Waals surface area contributed by atoms with Gasteiger partial charge in [-0.15, -0.1) is 0 Å². The molecule has 41 heavy (non-hydrogen) atoms. The van der Waals surface area contributed by atoms with Crippen LogP contribution in [0, 0.1) is 24.4 Å². The van der Waals surface area contributed by atoms with E-state index in [1.807, 2.05) is 31.2 Å². The van der Waals surface area contributed by atoms with E-state index in [0.29, 0.717) is 12.1 Å². The van der Waals surface area contributed by atoms with E-state index in [1.54, 1.807) is 0 Å². The molecule has 3 rings (SSSR count). The van der Waals surface area contributed by atoms with Crippen LogP contribution in [0.5, 0.6) is 0 Å². The molecule has 10 nitrogen and oxygen atoms in total. The summed E-state index contributed by atoms with van der Waals surface area (Å²) >= 11 is 1.20. The topological polar surface area (TPSA) is 142 Å². The van der Waals surface area contributed by atoms with E-state index in [2.05, 4.69) is 10.1 Å². The monoisotopic (exact) mass is 597 g/mol. The van der Waals surface area contributed by atoms with Crippen molar-refractivity contribution in [2.24, 2.45) is 15.9 Å². The van der Waals surface area contributed by atoms with Crippen molar-refractivity contribution in [1.29, 1.82) is 0 Å². The zero-order valence-corrected chi connectivity index (χ0v) is 23.4. The van der Waals surface area contributed by atoms with Gasteiger partial charge in [0.2, 0.25) is 0 Å². The van der Waals surface area contributed by atoms with Crippen LogP contribution in [0.3, 0.4) is 0 Å². The van der Waals surface area contributed by atoms with Crippen LogP contribution in [0.15, 0.2) is 51.4 Å². The number of aliphatic imine (C=N–C) groups is 1. The molecule has 2 aromatic rings. The SMILES string of the molecule is CC(=O)OC1C(N=CC(=NN)c2cc(F)c(F)c(F)c2)[C@@H](OC(C)=O)C(COC(C)O)O[C@@H]1Sc1ccc(C)cc1. The molecule has 1 saturated heterocycles. The largest absolute Gasteiger partial charge is 0.457 e. The Kier molecular flexibility index (Phi) is 11.3. The van der Waals surface area contributed by atoms with Gasteiger partial charge in [0.25, 0.3) is 0 Å². The summed E-state index contributed by atoms with van der Waals surface area (Å²) in [6, 6.07) is 7.62. The van der Waals surface area contributed by atoms with E-state index < -0.39 is 65.5 Å². The molecule has 0 aromatic heterocycles. The number of aryl methyl sites for hydroxylation is 1. The number of benzene rings is 2. The standard InChI is InChI=1S/C27H30F3N3O7S/c1-13-5-7-18(8-6-13)41-27-26(39-16(4)36)24(25(38-15(3)35)22(40-27)12-37-14(2)34)32-11-21(33-31)17-9-19(28)23(30)20(29)10-17/h5-11,14,22,24-27,34H,12,31H2,1-4H3/t14?,22?,24?,25-,26?,27+/m0/s1. The number of thioether (sulfide) groups is 1. The molecule has 3 N–H and O–H groups in total. The van der Waals surface area contributed by atoms with E-state index in [9.17, 15) is 27.9 Å². The average Bonchev–Trinajstić information content (AvgIpc) is 2.89. The van der Waals surface area contributed by atoms with Crippen LogP contribution >= 0.6 is 11.8 Å². The summed E-state index contributed by atoms with van der Waals surface area (Å²) in [5, 5.41) is 13.2. The summed E-state index contributed by atoms with van der Waals surface area (Å²) in [7, 11) is 0. The quantitative estimate of drug-likeness (QED) is 0.105. The number of nitrogens with zero attached hydrogens (tertiary/aromatic N) is 2. The summed E-state index contributed by atoms with van der Waals surface area (Å²) in [5.41, 5.74) is -0.389. The number of aliphatic hydroxyl groups excluding tert-OH is 1. The molecular formula is C27H30F3N3O7S. The maximum absolute atomic E-state index is 13.9. The maximum Gasteiger partial charge on any atom is 0.303 e. The van der Waals surface area contributed by atoms with E-state index in [0.717, 1.165) is 23.6 Å². The van der Waals surface area contributed by atoms with Crippen LogP contribution in [0.1, 0.15) is 31.9 Å². The first-order chi connectivity index (χ1) is 19.4. The summed E-state index contributed by atoms with van der Waals surface area (Å²) in [6.45, 7) is 5.38. The maximum atomic E-state index is 13.9. The molecule has 1 heterocycles. The van der Waals surface area contributed by atoms with Crippen LogP contribution in [-0.2, 0) is 28.5 Å². The molecule has 1 aliphatic rings. The number of halogens is 3. The number of esters is 2. The first-order valence-electron chi connectivity index (χ1n) is 12.4. The fraction of sp³-hybridized carbons (Fsp3) is 0.407. The lowest BCUT2D eigenvalue weighted by Gasteiger charge is -2.43. The second kappa shape index (κ2) is 14.4. The Hall–Kier alpha value is -3.46. The molecule has 1 aliphatic heterocycles. The Balaban J connectivity index is 2.08. The number of rotatable bonds is 10. The van der Waals surface area contributed by atoms with E-state index in [1.165, 1.54) is 25.6 Å². The number of hydrogen-bond acceptors (Lipinski definition) is 11. The Bertz CT molecular complexity index is 1270. The third kappa shape index (κ3) is 8.76. The van der Waals surface area contributed by atoms with Gasteiger partial charge in [-0.25, -0.2) is 13.2 Å². The number of hydrazone groups is 1. The van der Waals surface area contributed by atoms with Crippen molar-refractivity contribution in [3.05, 3.63) is 65.0 Å². The lowest BCUT2D eigenvalue weighted by atomic mass is 9.97. The first-order valence-corrected chi connectivity index (χ1v) is 13.3. The molecule has 0 radical (unpaired) electrons. The fourth-order valence-electron chi connectivity index (χ4n) is 3.98. The van der Waals surface area contributed by atoms with Gasteiger partial charge < -0.3 is 29.9 Å². The molecule has 222 valence electrons. The number of carbonyl (C=O) groups is 2. The van der Waals surface area contributed by atoms with Crippen molar-refractivity contribution in [3.8, 4) is 0 Å². The number of carbonyl (C=O) groups excluding carboxylic acids is 2. The van der Waals surface area contributed by atoms with Gasteiger partial charge in [0.15, 0.2) is 35.9 Å². The van der Waals surface area contributed by atoms with Gasteiger partial charge in [-0.05, 0) is 38.1 Å². The highest BCUT2D eigenvalue weighted by Gasteiger charge is 2.50. The molecule has 0 aliphatic carbocycles. The summed E-state index contributed by atoms with van der Waals surface area (Å²) < 4.78 is 64.0. The van der Waals surface area contributed by atoms with Crippen LogP contribution in [0.25, 0.3) is 0 Å². The third-order valence-corrected chi connectivity index (χ3v) is 6.94. The van der Waals surface area contributed by atoms with Crippen molar-refractivity contribution in [1.82, 2.24) is 0 Å². The minimum Gasteiger partial charge on any atom is -0.457 e. The van der Waals surface area contributed by atoms with Gasteiger partial charge in [-0.3, -0.25) is 14.6 Å². The Morgan fingerprint density at radius 1 is 1.10 bits per heavy atom. The highest BCUT2D eigenvalue weighted by atomic mass is 32.2. The highest BCUT2D eigenvalue weighted by Crippen LogP contribution is 2.37. The number of hydrogen-bond donors (Lipinski definition) is 2. The van der Waals surface area contributed by atoms with Crippen molar-refractivity contribution in [2.45, 2.75) is 68.7 Å². The second-order valence-electron chi connectivity index (χ2n) is 9.09. The molecule has 0 saturated carbocycles. The van der Waals surface area contributed by atoms with E-state index in [4.69, 9.17) is 24.8 Å². The Morgan fingerprint density at radius 3 is 2.22 bits per heavy atom. The molecule has 0 spiro atoms. The van der Waals surface area contributed by atoms with Gasteiger partial charge in [0.1, 0.15) is 23.3 Å². The molecular weight excluding hydrogens is 567 g/mol. The zero-order chi connectivity index (χ0) is 30.3. The second-order valence-corrected chi connectivity index (χ2v) is 10.3. The Labute approximate surface area is 238 Å². The van der Waals surface area contributed by atoms with E-state index >= 15 is 0 Å². The molecule has 0 amide bonds. The molecule has 1 fully saturated rings. The summed E-state index contributed by atoms with van der Waals surface area (Å²) in [4.78, 5) is 29.5. The lowest BCUT2D eigenvalue weighted by Crippen LogP contribution is -2.59. The number of nitrogens with two attached hydrogens (primary N) is 1. The third-order valence-electron chi connectivity index (χ3n) is 5.78. The predicted octanol–water partition coefficient (Wildman–Crippen LogP) is 3.25. The molecule has 6 atom stereocenters. The normalized spacial score (nSPS) is 23.8. The van der Waals surface area contributed by atoms with Gasteiger partial charge in [-0.2, -0.15) is 5.10 Å². The molecule has 14 heteroatoms. The minimum absolute atomic E-state index is 0.229. The lowest BCUT2D eigenvalue weighted by molar-refractivity contribution is -0.210. The summed E-state index contributed by atoms with van der Waals surface area (Å²) in [5.74, 6) is -0.576. The van der Waals surface area contributed by atoms with Crippen LogP contribution in [0.2, 0.25) is 0 Å². The van der Waals surface area contributed by atoms with Crippen LogP contribution < -0.4 is 5.84 Å². The smallest absolute Gasteiger partial charge is 0.303 e. The van der Waals surface area contributed by atoms with Gasteiger partial charge >= 0.3 is 11.9 Å². The molecule has 2 aromatic carbocycles. The van der Waals surface area contributed by atoms with Gasteiger partial charge in [0.05, 0.1) is 12.8 Å². The molecule has 0 bridgehead atoms. The predicted molar refractivity (Wildman–Crippen MR) is 144 cm³/mol. The zero-order valence-electron chi connectivity index (χ0n) is 22.6. The summed E-state index contributed by atoms with van der Waals surface area (Å²) in [6.07, 6.45) is -3.54. The van der Waals surface area contributed by atoms with Gasteiger partial charge in [-0.1, -0.05) is 29.5 Å². The van der Waals surface area contributed by atoms with Crippen molar-refractivity contribution >= 4 is 35.6 Å². The van der Waals surface area contributed by atoms with Gasteiger partial charge in [0, 0.05) is 24.3 Å². The van der Waals surface area contributed by atoms with E-state index in [-0.39, 0.29) is 17.9 Å². The highest BCUT2D eigenvalue weighted by molar-refractivity contribution is 7.99. The van der Waals surface area contributed by atoms with Crippen LogP contribution in [0.4, 0.5) is 13.2 Å². The number of aliphatic hydroxyl groups is 1.